The molecule has 1 N–H and O–H groups in total. The van der Waals surface area contributed by atoms with Crippen molar-refractivity contribution in [3.63, 3.8) is 0 Å². The van der Waals surface area contributed by atoms with Gasteiger partial charge >= 0.3 is 0 Å². The number of hydrogen-bond donors (Lipinski definition) is 1. The fraction of sp³-hybridized carbons (Fsp3) is 0.385. The van der Waals surface area contributed by atoms with Crippen LogP contribution in [-0.4, -0.2) is 22.5 Å². The van der Waals surface area contributed by atoms with E-state index in [0.29, 0.717) is 20.4 Å². The predicted octanol–water partition coefficient (Wildman–Crippen LogP) is 3.39. The minimum Gasteiger partial charge on any atom is -0.357 e. The third-order valence-electron chi connectivity index (χ3n) is 3.13. The van der Waals surface area contributed by atoms with Gasteiger partial charge in [0.05, 0.1) is 20.0 Å². The molecule has 108 valence electrons. The molecule has 2 atom stereocenters. The normalized spacial score (nSPS) is 14.3. The van der Waals surface area contributed by atoms with Gasteiger partial charge in [-0.25, -0.2) is 9.37 Å². The first kappa shape index (κ1) is 15.5. The molecule has 1 aromatic heterocycles. The Morgan fingerprint density at radius 1 is 1.50 bits per heavy atom. The number of carbonyl (C=O) groups is 1. The summed E-state index contributed by atoms with van der Waals surface area (Å²) < 4.78 is 16.0. The zero-order valence-corrected chi connectivity index (χ0v) is 14.2. The molecule has 0 fully saturated rings. The van der Waals surface area contributed by atoms with Gasteiger partial charge in [-0.3, -0.25) is 4.79 Å². The number of imidazole rings is 1. The number of rotatable bonds is 3. The number of amides is 1. The van der Waals surface area contributed by atoms with Crippen molar-refractivity contribution in [2.24, 2.45) is 0 Å². The fourth-order valence-electron chi connectivity index (χ4n) is 2.12. The van der Waals surface area contributed by atoms with Crippen molar-refractivity contribution in [1.29, 1.82) is 0 Å². The highest BCUT2D eigenvalue weighted by Gasteiger charge is 2.23. The van der Waals surface area contributed by atoms with E-state index in [1.807, 2.05) is 22.6 Å². The molecular weight excluding hydrogens is 396 g/mol. The zero-order chi connectivity index (χ0) is 15.0. The Morgan fingerprint density at radius 2 is 2.15 bits per heavy atom. The summed E-state index contributed by atoms with van der Waals surface area (Å²) in [4.78, 5) is 16.3. The third-order valence-corrected chi connectivity index (χ3v) is 4.15. The van der Waals surface area contributed by atoms with Gasteiger partial charge in [-0.1, -0.05) is 0 Å². The third kappa shape index (κ3) is 2.63. The summed E-state index contributed by atoms with van der Waals surface area (Å²) in [5, 5.41) is 2.20. The van der Waals surface area contributed by atoms with E-state index in [2.05, 4.69) is 10.3 Å². The second kappa shape index (κ2) is 5.85. The number of nitrogens with one attached hydrogen (secondary N) is 1. The lowest BCUT2D eigenvalue weighted by atomic mass is 10.2. The number of benzene rings is 1. The van der Waals surface area contributed by atoms with Crippen molar-refractivity contribution in [2.75, 3.05) is 7.05 Å². The molecular formula is C13H14ClFIN3O. The van der Waals surface area contributed by atoms with Gasteiger partial charge in [0.25, 0.3) is 0 Å². The minimum atomic E-state index is -0.513. The smallest absolute Gasteiger partial charge is 0.242 e. The van der Waals surface area contributed by atoms with Crippen molar-refractivity contribution in [3.8, 4) is 0 Å². The molecule has 1 aromatic carbocycles. The van der Waals surface area contributed by atoms with Crippen molar-refractivity contribution in [2.45, 2.75) is 25.3 Å². The van der Waals surface area contributed by atoms with E-state index in [1.165, 1.54) is 6.07 Å². The summed E-state index contributed by atoms with van der Waals surface area (Å²) in [7, 11) is 1.56. The first-order chi connectivity index (χ1) is 9.36. The van der Waals surface area contributed by atoms with Gasteiger partial charge in [-0.2, -0.15) is 0 Å². The molecule has 1 amide bonds. The molecule has 4 nitrogen and oxygen atoms in total. The van der Waals surface area contributed by atoms with Crippen LogP contribution in [0.15, 0.2) is 12.1 Å². The largest absolute Gasteiger partial charge is 0.357 e. The molecule has 0 aliphatic heterocycles. The number of carbonyl (C=O) groups excluding carboxylic acids is 1. The highest BCUT2D eigenvalue weighted by molar-refractivity contribution is 14.1. The Bertz CT molecular complexity index is 671. The van der Waals surface area contributed by atoms with E-state index >= 15 is 0 Å². The van der Waals surface area contributed by atoms with Gasteiger partial charge in [0.1, 0.15) is 17.7 Å². The van der Waals surface area contributed by atoms with Crippen LogP contribution in [0.3, 0.4) is 0 Å². The number of likely N-dealkylation sites (N-methyl/N-ethyl adjacent to an activating group) is 1. The van der Waals surface area contributed by atoms with E-state index in [1.54, 1.807) is 31.5 Å². The van der Waals surface area contributed by atoms with Gasteiger partial charge in [-0.15, -0.1) is 11.6 Å². The number of fused-ring (bicyclic) bond motifs is 1. The number of alkyl halides is 1. The van der Waals surface area contributed by atoms with Crippen molar-refractivity contribution in [1.82, 2.24) is 14.9 Å². The molecule has 2 aromatic rings. The standard InChI is InChI=1S/C13H14ClFIN3O/c1-6(14)12-18-10-5-9(16)8(15)4-11(10)19(12)7(2)13(20)17-3/h4-7H,1-3H3,(H,17,20). The first-order valence-electron chi connectivity index (χ1n) is 6.09. The lowest BCUT2D eigenvalue weighted by Crippen LogP contribution is -2.28. The van der Waals surface area contributed by atoms with Gasteiger partial charge in [0.15, 0.2) is 0 Å². The summed E-state index contributed by atoms with van der Waals surface area (Å²) in [6, 6.07) is 2.54. The van der Waals surface area contributed by atoms with Crippen LogP contribution < -0.4 is 5.32 Å². The van der Waals surface area contributed by atoms with Crippen LogP contribution in [0.2, 0.25) is 0 Å². The maximum atomic E-state index is 13.8. The van der Waals surface area contributed by atoms with Gasteiger partial charge in [-0.05, 0) is 42.5 Å². The molecule has 0 spiro atoms. The minimum absolute atomic E-state index is 0.179. The molecule has 7 heteroatoms. The Balaban J connectivity index is 2.74. The molecule has 20 heavy (non-hydrogen) atoms. The second-order valence-electron chi connectivity index (χ2n) is 4.50. The number of hydrogen-bond acceptors (Lipinski definition) is 2. The molecule has 2 rings (SSSR count). The Kier molecular flexibility index (Phi) is 4.53. The molecule has 2 unspecified atom stereocenters. The number of aromatic nitrogens is 2. The second-order valence-corrected chi connectivity index (χ2v) is 6.32. The van der Waals surface area contributed by atoms with Gasteiger partial charge in [0.2, 0.25) is 5.91 Å². The van der Waals surface area contributed by atoms with Crippen LogP contribution in [0.5, 0.6) is 0 Å². The van der Waals surface area contributed by atoms with Crippen LogP contribution in [0, 0.1) is 9.39 Å². The molecule has 0 radical (unpaired) electrons. The number of halogens is 3. The monoisotopic (exact) mass is 409 g/mol. The fourth-order valence-corrected chi connectivity index (χ4v) is 2.73. The SMILES string of the molecule is CNC(=O)C(C)n1c(C(C)Cl)nc2cc(I)c(F)cc21. The summed E-state index contributed by atoms with van der Waals surface area (Å²) >= 11 is 8.05. The van der Waals surface area contributed by atoms with Crippen LogP contribution in [0.1, 0.15) is 31.1 Å². The molecule has 0 saturated carbocycles. The summed E-state index contributed by atoms with van der Waals surface area (Å²) in [6.45, 7) is 3.51. The summed E-state index contributed by atoms with van der Waals surface area (Å²) in [5.74, 6) is 0.0399. The van der Waals surface area contributed by atoms with E-state index < -0.39 is 6.04 Å². The van der Waals surface area contributed by atoms with Gasteiger partial charge < -0.3 is 9.88 Å². The van der Waals surface area contributed by atoms with Crippen LogP contribution in [0.4, 0.5) is 4.39 Å². The molecule has 1 heterocycles. The predicted molar refractivity (Wildman–Crippen MR) is 85.5 cm³/mol. The highest BCUT2D eigenvalue weighted by atomic mass is 127. The topological polar surface area (TPSA) is 46.9 Å². The summed E-state index contributed by atoms with van der Waals surface area (Å²) in [6.07, 6.45) is 0. The zero-order valence-electron chi connectivity index (χ0n) is 11.2. The molecule has 0 aliphatic carbocycles. The van der Waals surface area contributed by atoms with Gasteiger partial charge in [0, 0.05) is 13.1 Å². The Hall–Kier alpha value is -0.890. The van der Waals surface area contributed by atoms with Crippen LogP contribution in [0.25, 0.3) is 11.0 Å². The van der Waals surface area contributed by atoms with Crippen molar-refractivity contribution in [3.05, 3.63) is 27.3 Å². The average Bonchev–Trinajstić information content (AvgIpc) is 2.76. The van der Waals surface area contributed by atoms with Crippen LogP contribution in [-0.2, 0) is 4.79 Å². The van der Waals surface area contributed by atoms with E-state index in [0.717, 1.165) is 0 Å². The maximum absolute atomic E-state index is 13.8. The average molecular weight is 410 g/mol. The first-order valence-corrected chi connectivity index (χ1v) is 7.60. The Morgan fingerprint density at radius 3 is 2.70 bits per heavy atom. The summed E-state index contributed by atoms with van der Waals surface area (Å²) in [5.41, 5.74) is 1.20. The van der Waals surface area contributed by atoms with Crippen molar-refractivity contribution >= 4 is 51.1 Å². The van der Waals surface area contributed by atoms with Crippen LogP contribution >= 0.6 is 34.2 Å². The van der Waals surface area contributed by atoms with E-state index in [4.69, 9.17) is 11.6 Å². The lowest BCUT2D eigenvalue weighted by Gasteiger charge is -2.17. The Labute approximate surface area is 134 Å². The molecule has 0 aliphatic rings. The number of nitrogens with zero attached hydrogens (tertiary/aromatic N) is 2. The van der Waals surface area contributed by atoms with E-state index in [-0.39, 0.29) is 17.1 Å². The molecule has 0 bridgehead atoms. The maximum Gasteiger partial charge on any atom is 0.242 e. The van der Waals surface area contributed by atoms with Crippen molar-refractivity contribution < 1.29 is 9.18 Å². The molecule has 0 saturated heterocycles. The highest BCUT2D eigenvalue weighted by Crippen LogP contribution is 2.30. The lowest BCUT2D eigenvalue weighted by molar-refractivity contribution is -0.123. The van der Waals surface area contributed by atoms with E-state index in [9.17, 15) is 9.18 Å². The quantitative estimate of drug-likeness (QED) is 0.624.